The number of aromatic nitrogens is 1. The summed E-state index contributed by atoms with van der Waals surface area (Å²) >= 11 is 12.5. The van der Waals surface area contributed by atoms with E-state index in [2.05, 4.69) is 12.2 Å². The minimum absolute atomic E-state index is 0.492. The molecule has 0 amide bonds. The van der Waals surface area contributed by atoms with Gasteiger partial charge in [-0.05, 0) is 25.1 Å². The van der Waals surface area contributed by atoms with Gasteiger partial charge in [0.05, 0.1) is 21.3 Å². The molecule has 0 bridgehead atoms. The molecule has 0 aliphatic rings. The van der Waals surface area contributed by atoms with E-state index in [4.69, 9.17) is 28.2 Å². The van der Waals surface area contributed by atoms with Crippen LogP contribution in [0.4, 0.5) is 5.69 Å². The third kappa shape index (κ3) is 2.69. The number of rotatable bonds is 3. The highest BCUT2D eigenvalue weighted by molar-refractivity contribution is 6.45. The first-order valence-electron chi connectivity index (χ1n) is 6.78. The van der Waals surface area contributed by atoms with Crippen LogP contribution in [0.3, 0.4) is 0 Å². The van der Waals surface area contributed by atoms with Gasteiger partial charge in [-0.3, -0.25) is 0 Å². The lowest BCUT2D eigenvalue weighted by molar-refractivity contribution is 1.21. The van der Waals surface area contributed by atoms with Gasteiger partial charge in [-0.15, -0.1) is 0 Å². The highest BCUT2D eigenvalue weighted by atomic mass is 35.5. The van der Waals surface area contributed by atoms with Gasteiger partial charge in [0.15, 0.2) is 0 Å². The van der Waals surface area contributed by atoms with E-state index in [1.807, 2.05) is 42.5 Å². The first-order valence-corrected chi connectivity index (χ1v) is 7.54. The van der Waals surface area contributed by atoms with Crippen molar-refractivity contribution in [3.05, 3.63) is 58.6 Å². The summed E-state index contributed by atoms with van der Waals surface area (Å²) in [6.07, 6.45) is 0. The largest absolute Gasteiger partial charge is 0.385 e. The lowest BCUT2D eigenvalue weighted by Crippen LogP contribution is -1.99. The van der Waals surface area contributed by atoms with Crippen molar-refractivity contribution in [1.29, 1.82) is 0 Å². The maximum atomic E-state index is 6.34. The minimum atomic E-state index is 0.492. The molecule has 0 atom stereocenters. The number of nitrogens with zero attached hydrogens (tertiary/aromatic N) is 1. The number of anilines is 1. The van der Waals surface area contributed by atoms with E-state index in [1.54, 1.807) is 6.07 Å². The fourth-order valence-corrected chi connectivity index (χ4v) is 2.69. The van der Waals surface area contributed by atoms with Crippen molar-refractivity contribution in [3.63, 3.8) is 0 Å². The number of nitrogens with one attached hydrogen (secondary N) is 1. The Morgan fingerprint density at radius 2 is 1.81 bits per heavy atom. The molecule has 3 aromatic rings. The van der Waals surface area contributed by atoms with E-state index < -0.39 is 0 Å². The molecule has 2 nitrogen and oxygen atoms in total. The number of halogens is 2. The molecule has 1 heterocycles. The highest BCUT2D eigenvalue weighted by Crippen LogP contribution is 2.35. The van der Waals surface area contributed by atoms with E-state index >= 15 is 0 Å². The second kappa shape index (κ2) is 5.92. The maximum Gasteiger partial charge on any atom is 0.0931 e. The Labute approximate surface area is 133 Å². The second-order valence-electron chi connectivity index (χ2n) is 4.71. The number of pyridine rings is 1. The summed E-state index contributed by atoms with van der Waals surface area (Å²) < 4.78 is 0. The van der Waals surface area contributed by atoms with E-state index in [-0.39, 0.29) is 0 Å². The topological polar surface area (TPSA) is 24.9 Å². The molecule has 0 radical (unpaired) electrons. The zero-order chi connectivity index (χ0) is 14.8. The SMILES string of the molecule is CCNc1cc(-c2ccccc2)nc2c(Cl)c(Cl)ccc12. The van der Waals surface area contributed by atoms with Crippen molar-refractivity contribution in [2.45, 2.75) is 6.92 Å². The summed E-state index contributed by atoms with van der Waals surface area (Å²) in [6.45, 7) is 2.89. The molecule has 0 unspecified atom stereocenters. The Hall–Kier alpha value is -1.77. The summed E-state index contributed by atoms with van der Waals surface area (Å²) in [4.78, 5) is 4.69. The van der Waals surface area contributed by atoms with Crippen molar-refractivity contribution in [3.8, 4) is 11.3 Å². The van der Waals surface area contributed by atoms with Crippen molar-refractivity contribution >= 4 is 39.8 Å². The van der Waals surface area contributed by atoms with Gasteiger partial charge in [-0.1, -0.05) is 53.5 Å². The molecule has 2 aromatic carbocycles. The third-order valence-electron chi connectivity index (χ3n) is 3.31. The average molecular weight is 317 g/mol. The van der Waals surface area contributed by atoms with Gasteiger partial charge in [0, 0.05) is 23.2 Å². The molecular formula is C17H14Cl2N2. The standard InChI is InChI=1S/C17H14Cl2N2/c1-2-20-15-10-14(11-6-4-3-5-7-11)21-17-12(15)8-9-13(18)16(17)19/h3-10H,2H2,1H3,(H,20,21). The molecule has 0 aliphatic carbocycles. The van der Waals surface area contributed by atoms with Crippen LogP contribution in [0.25, 0.3) is 22.2 Å². The van der Waals surface area contributed by atoms with Gasteiger partial charge < -0.3 is 5.32 Å². The lowest BCUT2D eigenvalue weighted by Gasteiger charge is -2.12. The van der Waals surface area contributed by atoms with Crippen LogP contribution in [0.2, 0.25) is 10.0 Å². The lowest BCUT2D eigenvalue weighted by atomic mass is 10.1. The first-order chi connectivity index (χ1) is 10.2. The molecule has 21 heavy (non-hydrogen) atoms. The Balaban J connectivity index is 2.30. The van der Waals surface area contributed by atoms with Crippen LogP contribution in [0.5, 0.6) is 0 Å². The van der Waals surface area contributed by atoms with Crippen LogP contribution < -0.4 is 5.32 Å². The minimum Gasteiger partial charge on any atom is -0.385 e. The zero-order valence-corrected chi connectivity index (χ0v) is 13.0. The van der Waals surface area contributed by atoms with Gasteiger partial charge >= 0.3 is 0 Å². The fraction of sp³-hybridized carbons (Fsp3) is 0.118. The summed E-state index contributed by atoms with van der Waals surface area (Å²) in [5, 5.41) is 5.35. The number of hydrogen-bond acceptors (Lipinski definition) is 2. The number of hydrogen-bond donors (Lipinski definition) is 1. The second-order valence-corrected chi connectivity index (χ2v) is 5.49. The van der Waals surface area contributed by atoms with Crippen LogP contribution in [0.15, 0.2) is 48.5 Å². The van der Waals surface area contributed by atoms with Crippen molar-refractivity contribution in [1.82, 2.24) is 4.98 Å². The van der Waals surface area contributed by atoms with Crippen LogP contribution in [-0.2, 0) is 0 Å². The van der Waals surface area contributed by atoms with Crippen molar-refractivity contribution in [2.24, 2.45) is 0 Å². The summed E-state index contributed by atoms with van der Waals surface area (Å²) in [5.41, 5.74) is 3.67. The summed E-state index contributed by atoms with van der Waals surface area (Å²) in [5.74, 6) is 0. The molecular weight excluding hydrogens is 303 g/mol. The molecule has 0 aliphatic heterocycles. The van der Waals surface area contributed by atoms with E-state index in [1.165, 1.54) is 0 Å². The van der Waals surface area contributed by atoms with Gasteiger partial charge in [-0.2, -0.15) is 0 Å². The molecule has 1 N–H and O–H groups in total. The quantitative estimate of drug-likeness (QED) is 0.676. The number of benzene rings is 2. The van der Waals surface area contributed by atoms with E-state index in [0.29, 0.717) is 10.0 Å². The van der Waals surface area contributed by atoms with Gasteiger partial charge in [0.1, 0.15) is 0 Å². The van der Waals surface area contributed by atoms with Gasteiger partial charge in [-0.25, -0.2) is 4.98 Å². The normalized spacial score (nSPS) is 10.8. The molecule has 0 saturated heterocycles. The van der Waals surface area contributed by atoms with Crippen molar-refractivity contribution < 1.29 is 0 Å². The average Bonchev–Trinajstić information content (AvgIpc) is 2.52. The summed E-state index contributed by atoms with van der Waals surface area (Å²) in [7, 11) is 0. The predicted molar refractivity (Wildman–Crippen MR) is 91.4 cm³/mol. The van der Waals surface area contributed by atoms with Gasteiger partial charge in [0.2, 0.25) is 0 Å². The van der Waals surface area contributed by atoms with Crippen LogP contribution in [0.1, 0.15) is 6.92 Å². The molecule has 0 fully saturated rings. The molecule has 0 spiro atoms. The fourth-order valence-electron chi connectivity index (χ4n) is 2.33. The third-order valence-corrected chi connectivity index (χ3v) is 4.10. The van der Waals surface area contributed by atoms with Gasteiger partial charge in [0.25, 0.3) is 0 Å². The Kier molecular flexibility index (Phi) is 4.00. The molecule has 3 rings (SSSR count). The molecule has 106 valence electrons. The van der Waals surface area contributed by atoms with Crippen LogP contribution in [-0.4, -0.2) is 11.5 Å². The Morgan fingerprint density at radius 3 is 2.52 bits per heavy atom. The van der Waals surface area contributed by atoms with Crippen LogP contribution in [0, 0.1) is 0 Å². The zero-order valence-electron chi connectivity index (χ0n) is 11.5. The molecule has 0 saturated carbocycles. The van der Waals surface area contributed by atoms with Crippen LogP contribution >= 0.6 is 23.2 Å². The monoisotopic (exact) mass is 316 g/mol. The Morgan fingerprint density at radius 1 is 1.05 bits per heavy atom. The van der Waals surface area contributed by atoms with E-state index in [9.17, 15) is 0 Å². The smallest absolute Gasteiger partial charge is 0.0931 e. The molecule has 1 aromatic heterocycles. The number of fused-ring (bicyclic) bond motifs is 1. The maximum absolute atomic E-state index is 6.34. The van der Waals surface area contributed by atoms with E-state index in [0.717, 1.165) is 34.4 Å². The summed E-state index contributed by atoms with van der Waals surface area (Å²) in [6, 6.07) is 15.8. The van der Waals surface area contributed by atoms with Crippen molar-refractivity contribution in [2.75, 3.05) is 11.9 Å². The highest BCUT2D eigenvalue weighted by Gasteiger charge is 2.11. The Bertz CT molecular complexity index is 786. The first kappa shape index (κ1) is 14.2. The molecule has 4 heteroatoms. The predicted octanol–water partition coefficient (Wildman–Crippen LogP) is 5.64.